The zero-order valence-electron chi connectivity index (χ0n) is 13.6. The van der Waals surface area contributed by atoms with Crippen LogP contribution in [0.2, 0.25) is 5.02 Å². The monoisotopic (exact) mass is 355 g/mol. The van der Waals surface area contributed by atoms with Crippen LogP contribution in [-0.2, 0) is 6.42 Å². The van der Waals surface area contributed by atoms with Crippen molar-refractivity contribution in [1.82, 2.24) is 20.3 Å². The normalized spacial score (nSPS) is 12.7. The molecule has 0 bridgehead atoms. The molecule has 0 radical (unpaired) electrons. The maximum atomic E-state index is 6.02. The average Bonchev–Trinajstić information content (AvgIpc) is 3.01. The molecule has 0 aliphatic carbocycles. The highest BCUT2D eigenvalue weighted by Crippen LogP contribution is 2.34. The Morgan fingerprint density at radius 2 is 1.76 bits per heavy atom. The van der Waals surface area contributed by atoms with Gasteiger partial charge in [0.2, 0.25) is 0 Å². The molecule has 2 heterocycles. The second-order valence-electron chi connectivity index (χ2n) is 5.48. The molecule has 4 rings (SSSR count). The molecular weight excluding hydrogens is 342 g/mol. The molecule has 126 valence electrons. The highest BCUT2D eigenvalue weighted by molar-refractivity contribution is 6.30. The van der Waals surface area contributed by atoms with Crippen molar-refractivity contribution in [2.45, 2.75) is 6.42 Å². The molecule has 0 saturated heterocycles. The molecule has 8 heteroatoms. The van der Waals surface area contributed by atoms with Gasteiger partial charge in [0, 0.05) is 22.6 Å². The van der Waals surface area contributed by atoms with Crippen molar-refractivity contribution in [3.05, 3.63) is 63.9 Å². The van der Waals surface area contributed by atoms with Gasteiger partial charge in [-0.3, -0.25) is 0 Å². The minimum absolute atomic E-state index is 0.531. The molecule has 0 spiro atoms. The zero-order valence-corrected chi connectivity index (χ0v) is 14.4. The number of fused-ring (bicyclic) bond motifs is 2. The van der Waals surface area contributed by atoms with Crippen molar-refractivity contribution in [3.8, 4) is 11.5 Å². The smallest absolute Gasteiger partial charge is 0.181 e. The lowest BCUT2D eigenvalue weighted by molar-refractivity contribution is 0.354. The fourth-order valence-electron chi connectivity index (χ4n) is 2.81. The van der Waals surface area contributed by atoms with Gasteiger partial charge in [-0.25, -0.2) is 0 Å². The molecule has 0 N–H and O–H groups in total. The Kier molecular flexibility index (Phi) is 3.85. The molecule has 7 nitrogen and oxygen atoms in total. The summed E-state index contributed by atoms with van der Waals surface area (Å²) < 4.78 is 10.9. The van der Waals surface area contributed by atoms with Crippen LogP contribution in [0, 0.1) is 0 Å². The van der Waals surface area contributed by atoms with Crippen molar-refractivity contribution in [3.63, 3.8) is 0 Å². The van der Waals surface area contributed by atoms with Crippen LogP contribution in [0.3, 0.4) is 0 Å². The van der Waals surface area contributed by atoms with E-state index in [1.54, 1.807) is 14.2 Å². The van der Waals surface area contributed by atoms with Gasteiger partial charge < -0.3 is 9.47 Å². The largest absolute Gasteiger partial charge is 0.493 e. The maximum absolute atomic E-state index is 6.02. The van der Waals surface area contributed by atoms with E-state index in [1.807, 2.05) is 36.4 Å². The van der Waals surface area contributed by atoms with E-state index in [0.29, 0.717) is 28.8 Å². The van der Waals surface area contributed by atoms with E-state index in [9.17, 15) is 0 Å². The predicted molar refractivity (Wildman–Crippen MR) is 92.7 cm³/mol. The Morgan fingerprint density at radius 3 is 2.48 bits per heavy atom. The first-order chi connectivity index (χ1) is 12.2. The van der Waals surface area contributed by atoms with Gasteiger partial charge in [-0.15, -0.1) is 15.0 Å². The number of ether oxygens (including phenoxy) is 2. The first-order valence-electron chi connectivity index (χ1n) is 7.57. The Balaban J connectivity index is 1.97. The van der Waals surface area contributed by atoms with Gasteiger partial charge in [0.1, 0.15) is 5.71 Å². The summed E-state index contributed by atoms with van der Waals surface area (Å²) in [6.45, 7) is 0. The molecule has 3 aromatic rings. The van der Waals surface area contributed by atoms with Gasteiger partial charge >= 0.3 is 0 Å². The summed E-state index contributed by atoms with van der Waals surface area (Å²) in [6, 6.07) is 11.3. The van der Waals surface area contributed by atoms with Crippen LogP contribution in [-0.4, -0.2) is 40.2 Å². The molecule has 2 aromatic carbocycles. The van der Waals surface area contributed by atoms with Crippen LogP contribution < -0.4 is 9.47 Å². The summed E-state index contributed by atoms with van der Waals surface area (Å²) >= 11 is 6.02. The van der Waals surface area contributed by atoms with Crippen LogP contribution in [0.1, 0.15) is 22.5 Å². The van der Waals surface area contributed by atoms with Gasteiger partial charge in [-0.05, 0) is 40.3 Å². The summed E-state index contributed by atoms with van der Waals surface area (Å²) in [7, 11) is 3.22. The summed E-state index contributed by atoms with van der Waals surface area (Å²) in [5.74, 6) is 1.93. The number of hydrogen-bond acceptors (Lipinski definition) is 6. The molecule has 1 aliphatic heterocycles. The predicted octanol–water partition coefficient (Wildman–Crippen LogP) is 2.55. The number of halogens is 1. The standard InChI is InChI=1S/C17H14ClN5O2/c1-24-14-7-11-8-16-19-21-22-23(16)20-17(13(11)9-15(14)25-2)10-3-5-12(18)6-4-10/h3-7,9H,8H2,1-2H3. The number of benzene rings is 2. The number of nitrogens with zero attached hydrogens (tertiary/aromatic N) is 5. The molecule has 0 unspecified atom stereocenters. The van der Waals surface area contributed by atoms with Gasteiger partial charge in [-0.2, -0.15) is 0 Å². The van der Waals surface area contributed by atoms with E-state index in [1.165, 1.54) is 4.79 Å². The third-order valence-electron chi connectivity index (χ3n) is 4.04. The van der Waals surface area contributed by atoms with E-state index < -0.39 is 0 Å². The van der Waals surface area contributed by atoms with Gasteiger partial charge in [0.05, 0.1) is 14.2 Å². The van der Waals surface area contributed by atoms with Crippen molar-refractivity contribution >= 4 is 17.3 Å². The molecular formula is C17H14ClN5O2. The van der Waals surface area contributed by atoms with Gasteiger partial charge in [0.25, 0.3) is 0 Å². The lowest BCUT2D eigenvalue weighted by Crippen LogP contribution is -2.08. The van der Waals surface area contributed by atoms with E-state index in [-0.39, 0.29) is 0 Å². The molecule has 25 heavy (non-hydrogen) atoms. The summed E-state index contributed by atoms with van der Waals surface area (Å²) in [6.07, 6.45) is 0.531. The van der Waals surface area contributed by atoms with Crippen molar-refractivity contribution in [1.29, 1.82) is 0 Å². The highest BCUT2D eigenvalue weighted by Gasteiger charge is 2.23. The number of hydrogen-bond donors (Lipinski definition) is 0. The first-order valence-corrected chi connectivity index (χ1v) is 7.95. The highest BCUT2D eigenvalue weighted by atomic mass is 35.5. The van der Waals surface area contributed by atoms with Crippen molar-refractivity contribution in [2.75, 3.05) is 14.2 Å². The van der Waals surface area contributed by atoms with E-state index in [2.05, 4.69) is 20.6 Å². The topological polar surface area (TPSA) is 74.4 Å². The second kappa shape index (κ2) is 6.18. The third-order valence-corrected chi connectivity index (χ3v) is 4.29. The van der Waals surface area contributed by atoms with E-state index >= 15 is 0 Å². The van der Waals surface area contributed by atoms with E-state index in [0.717, 1.165) is 22.4 Å². The molecule has 0 atom stereocenters. The third kappa shape index (κ3) is 2.72. The molecule has 1 aliphatic rings. The number of rotatable bonds is 3. The first kappa shape index (κ1) is 15.6. The van der Waals surface area contributed by atoms with Crippen LogP contribution >= 0.6 is 11.6 Å². The maximum Gasteiger partial charge on any atom is 0.181 e. The summed E-state index contributed by atoms with van der Waals surface area (Å²) in [5.41, 5.74) is 3.56. The quantitative estimate of drug-likeness (QED) is 0.564. The Morgan fingerprint density at radius 1 is 1.04 bits per heavy atom. The van der Waals surface area contributed by atoms with Crippen LogP contribution in [0.4, 0.5) is 0 Å². The zero-order chi connectivity index (χ0) is 17.4. The lowest BCUT2D eigenvalue weighted by Gasteiger charge is -2.14. The SMILES string of the molecule is COc1cc2c(cc1OC)C(c1ccc(Cl)cc1)=Nn1nnnc1C2. The fraction of sp³-hybridized carbons (Fsp3) is 0.176. The molecule has 0 fully saturated rings. The van der Waals surface area contributed by atoms with E-state index in [4.69, 9.17) is 21.1 Å². The summed E-state index contributed by atoms with van der Waals surface area (Å²) in [4.78, 5) is 1.45. The number of tetrazole rings is 1. The van der Waals surface area contributed by atoms with Crippen molar-refractivity contribution < 1.29 is 9.47 Å². The van der Waals surface area contributed by atoms with Crippen molar-refractivity contribution in [2.24, 2.45) is 5.10 Å². The number of aromatic nitrogens is 4. The minimum atomic E-state index is 0.531. The second-order valence-corrected chi connectivity index (χ2v) is 5.92. The molecule has 0 amide bonds. The Hall–Kier alpha value is -2.93. The van der Waals surface area contributed by atoms with Crippen LogP contribution in [0.15, 0.2) is 41.5 Å². The molecule has 0 saturated carbocycles. The molecule has 1 aromatic heterocycles. The number of methoxy groups -OCH3 is 2. The van der Waals surface area contributed by atoms with Crippen LogP contribution in [0.25, 0.3) is 0 Å². The van der Waals surface area contributed by atoms with Crippen LogP contribution in [0.5, 0.6) is 11.5 Å². The average molecular weight is 356 g/mol. The Bertz CT molecular complexity index is 966. The van der Waals surface area contributed by atoms with Gasteiger partial charge in [-0.1, -0.05) is 23.7 Å². The Labute approximate surface area is 148 Å². The minimum Gasteiger partial charge on any atom is -0.493 e. The lowest BCUT2D eigenvalue weighted by atomic mass is 9.95. The summed E-state index contributed by atoms with van der Waals surface area (Å²) in [5, 5.41) is 17.0. The van der Waals surface area contributed by atoms with Gasteiger partial charge in [0.15, 0.2) is 17.3 Å². The fourth-order valence-corrected chi connectivity index (χ4v) is 2.94.